The zero-order valence-electron chi connectivity index (χ0n) is 11.1. The number of halogens is 2. The SMILES string of the molecule is Cc1ccc(-n2c(C(C)Cl)nc3cccnc32)cc1Cl. The fourth-order valence-electron chi connectivity index (χ4n) is 2.17. The van der Waals surface area contributed by atoms with E-state index in [0.29, 0.717) is 5.02 Å². The van der Waals surface area contributed by atoms with Crippen LogP contribution in [0.2, 0.25) is 5.02 Å². The first-order chi connectivity index (χ1) is 9.58. The van der Waals surface area contributed by atoms with Crippen LogP contribution in [0.1, 0.15) is 23.7 Å². The number of alkyl halides is 1. The van der Waals surface area contributed by atoms with Gasteiger partial charge in [-0.25, -0.2) is 9.97 Å². The van der Waals surface area contributed by atoms with E-state index >= 15 is 0 Å². The summed E-state index contributed by atoms with van der Waals surface area (Å²) in [5.74, 6) is 0.764. The Hall–Kier alpha value is -1.58. The number of benzene rings is 1. The summed E-state index contributed by atoms with van der Waals surface area (Å²) in [7, 11) is 0. The quantitative estimate of drug-likeness (QED) is 0.643. The molecule has 0 saturated heterocycles. The van der Waals surface area contributed by atoms with Crippen molar-refractivity contribution < 1.29 is 0 Å². The van der Waals surface area contributed by atoms with E-state index in [1.165, 1.54) is 0 Å². The first kappa shape index (κ1) is 13.4. The fourth-order valence-corrected chi connectivity index (χ4v) is 2.49. The number of rotatable bonds is 2. The molecule has 3 nitrogen and oxygen atoms in total. The van der Waals surface area contributed by atoms with Gasteiger partial charge in [-0.1, -0.05) is 17.7 Å². The van der Waals surface area contributed by atoms with Crippen LogP contribution in [-0.4, -0.2) is 14.5 Å². The number of aromatic nitrogens is 3. The van der Waals surface area contributed by atoms with E-state index in [0.717, 1.165) is 28.2 Å². The largest absolute Gasteiger partial charge is 0.279 e. The van der Waals surface area contributed by atoms with Crippen molar-refractivity contribution in [2.45, 2.75) is 19.2 Å². The van der Waals surface area contributed by atoms with Gasteiger partial charge in [-0.2, -0.15) is 0 Å². The highest BCUT2D eigenvalue weighted by Crippen LogP contribution is 2.28. The smallest absolute Gasteiger partial charge is 0.164 e. The van der Waals surface area contributed by atoms with Crippen LogP contribution in [-0.2, 0) is 0 Å². The molecule has 1 unspecified atom stereocenters. The lowest BCUT2D eigenvalue weighted by Crippen LogP contribution is -2.02. The second-order valence-corrected chi connectivity index (χ2v) is 5.76. The van der Waals surface area contributed by atoms with Crippen molar-refractivity contribution >= 4 is 34.4 Å². The number of pyridine rings is 1. The first-order valence-electron chi connectivity index (χ1n) is 6.32. The molecule has 2 heterocycles. The summed E-state index contributed by atoms with van der Waals surface area (Å²) in [4.78, 5) is 8.98. The highest BCUT2D eigenvalue weighted by atomic mass is 35.5. The van der Waals surface area contributed by atoms with Gasteiger partial charge < -0.3 is 0 Å². The maximum atomic E-state index is 6.26. The zero-order valence-corrected chi connectivity index (χ0v) is 12.7. The number of hydrogen-bond donors (Lipinski definition) is 0. The molecule has 20 heavy (non-hydrogen) atoms. The van der Waals surface area contributed by atoms with Crippen LogP contribution < -0.4 is 0 Å². The van der Waals surface area contributed by atoms with Crippen LogP contribution in [0, 0.1) is 6.92 Å². The van der Waals surface area contributed by atoms with Crippen molar-refractivity contribution in [3.63, 3.8) is 0 Å². The van der Waals surface area contributed by atoms with Crippen molar-refractivity contribution in [2.24, 2.45) is 0 Å². The molecule has 1 aromatic carbocycles. The maximum absolute atomic E-state index is 6.26. The number of fused-ring (bicyclic) bond motifs is 1. The van der Waals surface area contributed by atoms with E-state index in [-0.39, 0.29) is 5.38 Å². The van der Waals surface area contributed by atoms with Gasteiger partial charge in [0.2, 0.25) is 0 Å². The Morgan fingerprint density at radius 1 is 1.25 bits per heavy atom. The minimum absolute atomic E-state index is 0.218. The third-order valence-electron chi connectivity index (χ3n) is 3.21. The zero-order chi connectivity index (χ0) is 14.3. The van der Waals surface area contributed by atoms with Crippen LogP contribution in [0.4, 0.5) is 0 Å². The molecule has 0 N–H and O–H groups in total. The average Bonchev–Trinajstić information content (AvgIpc) is 2.81. The number of aryl methyl sites for hydroxylation is 1. The minimum atomic E-state index is -0.218. The lowest BCUT2D eigenvalue weighted by atomic mass is 10.2. The number of nitrogens with zero attached hydrogens (tertiary/aromatic N) is 3. The van der Waals surface area contributed by atoms with Gasteiger partial charge in [0.05, 0.1) is 11.1 Å². The second kappa shape index (κ2) is 5.08. The number of hydrogen-bond acceptors (Lipinski definition) is 2. The van der Waals surface area contributed by atoms with E-state index in [2.05, 4.69) is 9.97 Å². The molecule has 0 aliphatic heterocycles. The van der Waals surface area contributed by atoms with Gasteiger partial charge in [0, 0.05) is 11.2 Å². The molecule has 0 aliphatic rings. The third-order valence-corrected chi connectivity index (χ3v) is 3.81. The Labute approximate surface area is 127 Å². The fraction of sp³-hybridized carbons (Fsp3) is 0.200. The third kappa shape index (κ3) is 2.17. The lowest BCUT2D eigenvalue weighted by molar-refractivity contribution is 0.877. The number of imidazole rings is 1. The Kier molecular flexibility index (Phi) is 3.40. The van der Waals surface area contributed by atoms with Crippen molar-refractivity contribution in [1.29, 1.82) is 0 Å². The highest BCUT2D eigenvalue weighted by Gasteiger charge is 2.17. The Bertz CT molecular complexity index is 778. The molecule has 102 valence electrons. The molecular weight excluding hydrogens is 293 g/mol. The molecule has 1 atom stereocenters. The lowest BCUT2D eigenvalue weighted by Gasteiger charge is -2.11. The van der Waals surface area contributed by atoms with E-state index in [9.17, 15) is 0 Å². The van der Waals surface area contributed by atoms with Crippen molar-refractivity contribution in [2.75, 3.05) is 0 Å². The maximum Gasteiger partial charge on any atom is 0.164 e. The summed E-state index contributed by atoms with van der Waals surface area (Å²) in [6.07, 6.45) is 1.75. The van der Waals surface area contributed by atoms with Gasteiger partial charge in [0.1, 0.15) is 11.3 Å². The predicted molar refractivity (Wildman–Crippen MR) is 82.9 cm³/mol. The van der Waals surface area contributed by atoms with E-state index in [1.807, 2.05) is 48.7 Å². The Balaban J connectivity index is 2.33. The molecule has 3 rings (SSSR count). The topological polar surface area (TPSA) is 30.7 Å². The van der Waals surface area contributed by atoms with Crippen molar-refractivity contribution in [1.82, 2.24) is 14.5 Å². The molecular formula is C15H13Cl2N3. The van der Waals surface area contributed by atoms with Gasteiger partial charge in [0.15, 0.2) is 5.65 Å². The summed E-state index contributed by atoms with van der Waals surface area (Å²) >= 11 is 12.5. The molecule has 0 amide bonds. The standard InChI is InChI=1S/C15H13Cl2N3/c1-9-5-6-11(8-12(9)17)20-14(10(2)16)19-13-4-3-7-18-15(13)20/h3-8,10H,1-2H3. The summed E-state index contributed by atoms with van der Waals surface area (Å²) in [5.41, 5.74) is 3.57. The van der Waals surface area contributed by atoms with Gasteiger partial charge in [-0.3, -0.25) is 4.57 Å². The molecule has 0 radical (unpaired) electrons. The molecule has 3 aromatic rings. The van der Waals surface area contributed by atoms with Crippen LogP contribution in [0.5, 0.6) is 0 Å². The first-order valence-corrected chi connectivity index (χ1v) is 7.13. The molecule has 0 aliphatic carbocycles. The van der Waals surface area contributed by atoms with E-state index in [1.54, 1.807) is 6.20 Å². The predicted octanol–water partition coefficient (Wildman–Crippen LogP) is 4.68. The molecule has 0 fully saturated rings. The molecule has 5 heteroatoms. The highest BCUT2D eigenvalue weighted by molar-refractivity contribution is 6.31. The van der Waals surface area contributed by atoms with Gasteiger partial charge in [-0.15, -0.1) is 11.6 Å². The molecule has 0 saturated carbocycles. The molecule has 0 bridgehead atoms. The molecule has 0 spiro atoms. The van der Waals surface area contributed by atoms with Crippen molar-refractivity contribution in [3.8, 4) is 5.69 Å². The van der Waals surface area contributed by atoms with Crippen LogP contribution >= 0.6 is 23.2 Å². The molecule has 2 aromatic heterocycles. The van der Waals surface area contributed by atoms with Gasteiger partial charge >= 0.3 is 0 Å². The van der Waals surface area contributed by atoms with Gasteiger partial charge in [-0.05, 0) is 43.7 Å². The summed E-state index contributed by atoms with van der Waals surface area (Å²) in [5, 5.41) is 0.498. The summed E-state index contributed by atoms with van der Waals surface area (Å²) in [6, 6.07) is 9.69. The second-order valence-electron chi connectivity index (χ2n) is 4.70. The van der Waals surface area contributed by atoms with Crippen LogP contribution in [0.3, 0.4) is 0 Å². The normalized spacial score (nSPS) is 12.8. The monoisotopic (exact) mass is 305 g/mol. The Morgan fingerprint density at radius 3 is 2.75 bits per heavy atom. The average molecular weight is 306 g/mol. The van der Waals surface area contributed by atoms with Gasteiger partial charge in [0.25, 0.3) is 0 Å². The van der Waals surface area contributed by atoms with E-state index in [4.69, 9.17) is 23.2 Å². The van der Waals surface area contributed by atoms with E-state index < -0.39 is 0 Å². The summed E-state index contributed by atoms with van der Waals surface area (Å²) in [6.45, 7) is 3.87. The van der Waals surface area contributed by atoms with Crippen molar-refractivity contribution in [3.05, 3.63) is 52.9 Å². The Morgan fingerprint density at radius 2 is 2.05 bits per heavy atom. The minimum Gasteiger partial charge on any atom is -0.279 e. The summed E-state index contributed by atoms with van der Waals surface area (Å²) < 4.78 is 1.96. The van der Waals surface area contributed by atoms with Crippen LogP contribution in [0.15, 0.2) is 36.5 Å². The van der Waals surface area contributed by atoms with Crippen LogP contribution in [0.25, 0.3) is 16.9 Å².